The van der Waals surface area contributed by atoms with Crippen molar-refractivity contribution >= 4 is 21.5 Å². The number of hydrogen-bond acceptors (Lipinski definition) is 4. The van der Waals surface area contributed by atoms with Crippen LogP contribution >= 0.6 is 0 Å². The van der Waals surface area contributed by atoms with E-state index in [0.29, 0.717) is 6.42 Å². The van der Waals surface area contributed by atoms with Gasteiger partial charge in [0, 0.05) is 23.9 Å². The predicted octanol–water partition coefficient (Wildman–Crippen LogP) is 7.32. The average molecular weight is 676 g/mol. The molecule has 0 saturated carbocycles. The second kappa shape index (κ2) is 11.2. The zero-order chi connectivity index (χ0) is 25.2. The third-order valence-electron chi connectivity index (χ3n) is 6.46. The first-order valence-corrected chi connectivity index (χ1v) is 12.1. The third kappa shape index (κ3) is 5.32. The maximum Gasteiger partial charge on any atom is 2.00 e. The van der Waals surface area contributed by atoms with Gasteiger partial charge in [-0.15, -0.1) is 46.5 Å². The van der Waals surface area contributed by atoms with Crippen molar-refractivity contribution in [3.8, 4) is 34.0 Å². The molecular formula is C33H24N2O2Pt. The van der Waals surface area contributed by atoms with Crippen LogP contribution in [0.5, 0.6) is 11.5 Å². The summed E-state index contributed by atoms with van der Waals surface area (Å²) >= 11 is 0. The number of methoxy groups -OCH3 is 2. The van der Waals surface area contributed by atoms with E-state index in [-0.39, 0.29) is 21.1 Å². The minimum atomic E-state index is 0. The third-order valence-corrected chi connectivity index (χ3v) is 6.46. The van der Waals surface area contributed by atoms with Crippen molar-refractivity contribution in [3.63, 3.8) is 0 Å². The van der Waals surface area contributed by atoms with Crippen molar-refractivity contribution < 1.29 is 30.5 Å². The molecule has 4 nitrogen and oxygen atoms in total. The Morgan fingerprint density at radius 2 is 1.00 bits per heavy atom. The van der Waals surface area contributed by atoms with Crippen LogP contribution in [0.15, 0.2) is 97.3 Å². The van der Waals surface area contributed by atoms with E-state index in [9.17, 15) is 0 Å². The maximum absolute atomic E-state index is 5.63. The zero-order valence-electron chi connectivity index (χ0n) is 21.0. The Morgan fingerprint density at radius 3 is 1.42 bits per heavy atom. The van der Waals surface area contributed by atoms with E-state index in [2.05, 4.69) is 58.5 Å². The van der Waals surface area contributed by atoms with Gasteiger partial charge >= 0.3 is 21.1 Å². The molecule has 0 atom stereocenters. The molecule has 4 aromatic carbocycles. The molecule has 0 amide bonds. The molecule has 0 aliphatic rings. The van der Waals surface area contributed by atoms with E-state index in [1.54, 1.807) is 14.2 Å². The van der Waals surface area contributed by atoms with Crippen LogP contribution in [0, 0.1) is 12.1 Å². The normalized spacial score (nSPS) is 10.8. The molecule has 6 aromatic rings. The van der Waals surface area contributed by atoms with Crippen molar-refractivity contribution in [3.05, 3.63) is 121 Å². The number of nitrogens with zero attached hydrogens (tertiary/aromatic N) is 2. The van der Waals surface area contributed by atoms with Gasteiger partial charge in [0.1, 0.15) is 0 Å². The summed E-state index contributed by atoms with van der Waals surface area (Å²) in [5.74, 6) is 1.52. The van der Waals surface area contributed by atoms with Crippen molar-refractivity contribution in [2.75, 3.05) is 14.2 Å². The van der Waals surface area contributed by atoms with Crippen LogP contribution in [0.4, 0.5) is 0 Å². The van der Waals surface area contributed by atoms with Crippen molar-refractivity contribution in [2.45, 2.75) is 6.42 Å². The van der Waals surface area contributed by atoms with Gasteiger partial charge in [0.05, 0.1) is 14.2 Å². The largest absolute Gasteiger partial charge is 2.00 e. The molecule has 5 heteroatoms. The maximum atomic E-state index is 5.63. The molecule has 0 aliphatic heterocycles. The smallest absolute Gasteiger partial charge is 0.516 e. The van der Waals surface area contributed by atoms with E-state index in [1.165, 1.54) is 0 Å². The zero-order valence-corrected chi connectivity index (χ0v) is 23.2. The Hall–Kier alpha value is -4.01. The van der Waals surface area contributed by atoms with Crippen LogP contribution in [0.25, 0.3) is 44.1 Å². The molecular weight excluding hydrogens is 651 g/mol. The molecule has 0 N–H and O–H groups in total. The number of benzene rings is 4. The monoisotopic (exact) mass is 675 g/mol. The Morgan fingerprint density at radius 1 is 0.579 bits per heavy atom. The molecule has 2 aromatic heterocycles. The van der Waals surface area contributed by atoms with Gasteiger partial charge in [-0.1, -0.05) is 72.8 Å². The summed E-state index contributed by atoms with van der Waals surface area (Å²) in [6, 6.07) is 35.7. The van der Waals surface area contributed by atoms with Crippen LogP contribution in [0.1, 0.15) is 11.1 Å². The van der Waals surface area contributed by atoms with Gasteiger partial charge in [0.15, 0.2) is 0 Å². The average Bonchev–Trinajstić information content (AvgIpc) is 2.96. The molecule has 2 heterocycles. The van der Waals surface area contributed by atoms with Crippen molar-refractivity contribution in [1.29, 1.82) is 0 Å². The molecule has 0 bridgehead atoms. The summed E-state index contributed by atoms with van der Waals surface area (Å²) in [4.78, 5) is 9.37. The number of rotatable bonds is 6. The van der Waals surface area contributed by atoms with Crippen molar-refractivity contribution in [1.82, 2.24) is 9.97 Å². The van der Waals surface area contributed by atoms with Crippen LogP contribution in [-0.2, 0) is 27.5 Å². The minimum Gasteiger partial charge on any atom is -0.516 e. The van der Waals surface area contributed by atoms with E-state index >= 15 is 0 Å². The fraction of sp³-hybridized carbons (Fsp3) is 0.0909. The summed E-state index contributed by atoms with van der Waals surface area (Å²) in [6.07, 6.45) is 4.40. The number of aromatic nitrogens is 2. The van der Waals surface area contributed by atoms with E-state index in [1.807, 2.05) is 60.9 Å². The van der Waals surface area contributed by atoms with Gasteiger partial charge in [0.2, 0.25) is 0 Å². The summed E-state index contributed by atoms with van der Waals surface area (Å²) in [6.45, 7) is 0. The Balaban J connectivity index is 0.00000294. The first-order chi connectivity index (χ1) is 18.2. The van der Waals surface area contributed by atoms with Gasteiger partial charge in [-0.2, -0.15) is 0 Å². The van der Waals surface area contributed by atoms with Crippen LogP contribution in [0.3, 0.4) is 0 Å². The Kier molecular flexibility index (Phi) is 7.53. The molecule has 0 aliphatic carbocycles. The molecule has 0 unspecified atom stereocenters. The number of pyridine rings is 2. The summed E-state index contributed by atoms with van der Waals surface area (Å²) in [5, 5.41) is 4.49. The Bertz CT molecular complexity index is 1620. The van der Waals surface area contributed by atoms with Crippen LogP contribution in [0.2, 0.25) is 0 Å². The molecule has 188 valence electrons. The van der Waals surface area contributed by atoms with E-state index < -0.39 is 0 Å². The van der Waals surface area contributed by atoms with Gasteiger partial charge in [-0.25, -0.2) is 0 Å². The summed E-state index contributed by atoms with van der Waals surface area (Å²) in [5.41, 5.74) is 5.44. The van der Waals surface area contributed by atoms with Crippen LogP contribution in [-0.4, -0.2) is 24.2 Å². The number of fused-ring (bicyclic) bond motifs is 2. The molecule has 6 rings (SSSR count). The van der Waals surface area contributed by atoms with Gasteiger partial charge < -0.3 is 19.4 Å². The molecule has 0 saturated heterocycles. The predicted molar refractivity (Wildman–Crippen MR) is 148 cm³/mol. The SMILES string of the molecule is COc1cc(Cc2[c-]c(-c3cc4ccccc4cn3)cc(OC)c2)[c-]c(-c2cc3ccccc3cn2)c1.[Pt+2]. The Labute approximate surface area is 236 Å². The van der Waals surface area contributed by atoms with Gasteiger partial charge in [0.25, 0.3) is 0 Å². The molecule has 0 fully saturated rings. The molecule has 0 radical (unpaired) electrons. The molecule has 38 heavy (non-hydrogen) atoms. The summed E-state index contributed by atoms with van der Waals surface area (Å²) < 4.78 is 11.3. The minimum absolute atomic E-state index is 0. The molecule has 0 spiro atoms. The number of ether oxygens (including phenoxy) is 2. The standard InChI is InChI=1S/C33H24N2O2.Pt/c1-36-30-14-22(12-28(16-30)32-18-24-7-3-5-9-26(24)20-34-32)11-23-13-29(17-31(15-23)37-2)33-19-25-8-4-6-10-27(25)21-35-33;/h3-10,14-21H,11H2,1-2H3;/q-2;+2. The first kappa shape index (κ1) is 25.6. The van der Waals surface area contributed by atoms with Gasteiger partial charge in [-0.3, -0.25) is 0 Å². The fourth-order valence-electron chi connectivity index (χ4n) is 4.57. The van der Waals surface area contributed by atoms with E-state index in [0.717, 1.165) is 66.7 Å². The second-order valence-electron chi connectivity index (χ2n) is 8.93. The quantitative estimate of drug-likeness (QED) is 0.174. The number of hydrogen-bond donors (Lipinski definition) is 0. The fourth-order valence-corrected chi connectivity index (χ4v) is 4.57. The topological polar surface area (TPSA) is 44.2 Å². The van der Waals surface area contributed by atoms with Crippen molar-refractivity contribution in [2.24, 2.45) is 0 Å². The first-order valence-electron chi connectivity index (χ1n) is 12.1. The summed E-state index contributed by atoms with van der Waals surface area (Å²) in [7, 11) is 3.36. The second-order valence-corrected chi connectivity index (χ2v) is 8.93. The van der Waals surface area contributed by atoms with Crippen LogP contribution < -0.4 is 9.47 Å². The van der Waals surface area contributed by atoms with E-state index in [4.69, 9.17) is 9.47 Å². The van der Waals surface area contributed by atoms with Gasteiger partial charge in [-0.05, 0) is 39.4 Å².